The van der Waals surface area contributed by atoms with Crippen molar-refractivity contribution >= 4 is 0 Å². The Morgan fingerprint density at radius 1 is 0.929 bits per heavy atom. The Morgan fingerprint density at radius 3 is 2.00 bits per heavy atom. The van der Waals surface area contributed by atoms with Crippen molar-refractivity contribution < 1.29 is 0 Å². The summed E-state index contributed by atoms with van der Waals surface area (Å²) in [6.07, 6.45) is 0. The van der Waals surface area contributed by atoms with E-state index in [9.17, 15) is 0 Å². The summed E-state index contributed by atoms with van der Waals surface area (Å²) in [6.45, 7) is 8.95. The fourth-order valence-corrected chi connectivity index (χ4v) is 1.42. The first-order valence-electron chi connectivity index (χ1n) is 5.42. The molecule has 1 heteroatoms. The Kier molecular flexibility index (Phi) is 4.15. The molecular formula is C13H21N. The predicted octanol–water partition coefficient (Wildman–Crippen LogP) is 3.38. The normalized spacial score (nSPS) is 15.5. The van der Waals surface area contributed by atoms with Crippen molar-refractivity contribution in [3.05, 3.63) is 35.9 Å². The fourth-order valence-electron chi connectivity index (χ4n) is 1.42. The molecule has 1 aromatic carbocycles. The molecule has 0 saturated carbocycles. The lowest BCUT2D eigenvalue weighted by atomic mass is 10.0. The van der Waals surface area contributed by atoms with Crippen LogP contribution in [0.3, 0.4) is 0 Å². The minimum absolute atomic E-state index is 0.439. The zero-order valence-electron chi connectivity index (χ0n) is 9.62. The van der Waals surface area contributed by atoms with Gasteiger partial charge in [-0.2, -0.15) is 0 Å². The molecule has 0 bridgehead atoms. The molecule has 0 aromatic heterocycles. The maximum atomic E-state index is 3.60. The van der Waals surface area contributed by atoms with E-state index in [0.29, 0.717) is 18.0 Å². The Labute approximate surface area is 87.5 Å². The van der Waals surface area contributed by atoms with Gasteiger partial charge in [0.1, 0.15) is 0 Å². The summed E-state index contributed by atoms with van der Waals surface area (Å²) < 4.78 is 0. The van der Waals surface area contributed by atoms with Crippen molar-refractivity contribution in [1.29, 1.82) is 0 Å². The summed E-state index contributed by atoms with van der Waals surface area (Å²) in [5.74, 6) is 0.682. The van der Waals surface area contributed by atoms with Crippen LogP contribution in [0.1, 0.15) is 39.3 Å². The molecule has 1 aromatic rings. The number of nitrogens with one attached hydrogen (secondary N) is 1. The Hall–Kier alpha value is -0.820. The standard InChI is InChI=1S/C13H21N/c1-10(2)11(3)14-12(4)13-8-6-5-7-9-13/h5-12,14H,1-4H3/t11?,12-/m1/s1. The van der Waals surface area contributed by atoms with Crippen LogP contribution in [0.4, 0.5) is 0 Å². The minimum Gasteiger partial charge on any atom is -0.307 e. The van der Waals surface area contributed by atoms with Crippen LogP contribution < -0.4 is 5.32 Å². The zero-order chi connectivity index (χ0) is 10.6. The molecule has 1 N–H and O–H groups in total. The number of rotatable bonds is 4. The van der Waals surface area contributed by atoms with Crippen molar-refractivity contribution in [1.82, 2.24) is 5.32 Å². The first-order chi connectivity index (χ1) is 6.61. The molecule has 14 heavy (non-hydrogen) atoms. The van der Waals surface area contributed by atoms with Crippen molar-refractivity contribution in [2.24, 2.45) is 5.92 Å². The van der Waals surface area contributed by atoms with Crippen LogP contribution in [0, 0.1) is 5.92 Å². The first kappa shape index (κ1) is 11.3. The van der Waals surface area contributed by atoms with E-state index in [0.717, 1.165) is 0 Å². The van der Waals surface area contributed by atoms with Crippen molar-refractivity contribution in [2.75, 3.05) is 0 Å². The second-order valence-corrected chi connectivity index (χ2v) is 4.33. The van der Waals surface area contributed by atoms with Gasteiger partial charge in [0.15, 0.2) is 0 Å². The molecule has 0 heterocycles. The fraction of sp³-hybridized carbons (Fsp3) is 0.538. The molecule has 2 atom stereocenters. The highest BCUT2D eigenvalue weighted by atomic mass is 14.9. The highest BCUT2D eigenvalue weighted by Crippen LogP contribution is 2.13. The lowest BCUT2D eigenvalue weighted by Crippen LogP contribution is -2.32. The summed E-state index contributed by atoms with van der Waals surface area (Å²) in [4.78, 5) is 0. The van der Waals surface area contributed by atoms with E-state index in [-0.39, 0.29) is 0 Å². The van der Waals surface area contributed by atoms with Gasteiger partial charge in [0.05, 0.1) is 0 Å². The average Bonchev–Trinajstić information content (AvgIpc) is 2.19. The molecule has 1 rings (SSSR count). The van der Waals surface area contributed by atoms with Crippen molar-refractivity contribution in [2.45, 2.75) is 39.8 Å². The quantitative estimate of drug-likeness (QED) is 0.769. The van der Waals surface area contributed by atoms with Gasteiger partial charge in [0.25, 0.3) is 0 Å². The SMILES string of the molecule is CC(C)C(C)N[C@H](C)c1ccccc1. The monoisotopic (exact) mass is 191 g/mol. The molecule has 0 fully saturated rings. The van der Waals surface area contributed by atoms with Crippen LogP contribution in [0.2, 0.25) is 0 Å². The first-order valence-corrected chi connectivity index (χ1v) is 5.42. The second-order valence-electron chi connectivity index (χ2n) is 4.33. The van der Waals surface area contributed by atoms with Crippen LogP contribution in [-0.4, -0.2) is 6.04 Å². The maximum absolute atomic E-state index is 3.60. The van der Waals surface area contributed by atoms with Gasteiger partial charge in [0, 0.05) is 12.1 Å². The molecule has 1 nitrogen and oxygen atoms in total. The molecule has 0 aliphatic heterocycles. The maximum Gasteiger partial charge on any atom is 0.0294 e. The Bertz CT molecular complexity index is 253. The highest BCUT2D eigenvalue weighted by molar-refractivity contribution is 5.18. The Morgan fingerprint density at radius 2 is 1.50 bits per heavy atom. The minimum atomic E-state index is 0.439. The van der Waals surface area contributed by atoms with Gasteiger partial charge in [-0.15, -0.1) is 0 Å². The third-order valence-electron chi connectivity index (χ3n) is 2.81. The molecule has 0 aliphatic rings. The predicted molar refractivity (Wildman–Crippen MR) is 62.3 cm³/mol. The van der Waals surface area contributed by atoms with Crippen molar-refractivity contribution in [3.63, 3.8) is 0 Å². The number of hydrogen-bond donors (Lipinski definition) is 1. The summed E-state index contributed by atoms with van der Waals surface area (Å²) in [5.41, 5.74) is 1.36. The molecule has 0 amide bonds. The van der Waals surface area contributed by atoms with E-state index in [4.69, 9.17) is 0 Å². The van der Waals surface area contributed by atoms with Gasteiger partial charge >= 0.3 is 0 Å². The molecule has 0 spiro atoms. The van der Waals surface area contributed by atoms with E-state index in [1.54, 1.807) is 0 Å². The molecule has 0 radical (unpaired) electrons. The molecular weight excluding hydrogens is 170 g/mol. The molecule has 0 saturated heterocycles. The van der Waals surface area contributed by atoms with Crippen LogP contribution in [-0.2, 0) is 0 Å². The van der Waals surface area contributed by atoms with Crippen molar-refractivity contribution in [3.8, 4) is 0 Å². The topological polar surface area (TPSA) is 12.0 Å². The molecule has 1 unspecified atom stereocenters. The van der Waals surface area contributed by atoms with E-state index >= 15 is 0 Å². The molecule has 0 aliphatic carbocycles. The van der Waals surface area contributed by atoms with E-state index < -0.39 is 0 Å². The van der Waals surface area contributed by atoms with Crippen LogP contribution in [0.15, 0.2) is 30.3 Å². The highest BCUT2D eigenvalue weighted by Gasteiger charge is 2.11. The van der Waals surface area contributed by atoms with Gasteiger partial charge in [-0.05, 0) is 25.3 Å². The van der Waals surface area contributed by atoms with E-state index in [1.165, 1.54) is 5.56 Å². The lowest BCUT2D eigenvalue weighted by molar-refractivity contribution is 0.389. The summed E-state index contributed by atoms with van der Waals surface area (Å²) in [7, 11) is 0. The van der Waals surface area contributed by atoms with Gasteiger partial charge in [-0.25, -0.2) is 0 Å². The van der Waals surface area contributed by atoms with Gasteiger partial charge < -0.3 is 5.32 Å². The van der Waals surface area contributed by atoms with E-state index in [2.05, 4.69) is 63.3 Å². The van der Waals surface area contributed by atoms with Gasteiger partial charge in [0.2, 0.25) is 0 Å². The van der Waals surface area contributed by atoms with Gasteiger partial charge in [-0.3, -0.25) is 0 Å². The van der Waals surface area contributed by atoms with Crippen LogP contribution in [0.25, 0.3) is 0 Å². The second kappa shape index (κ2) is 5.16. The lowest BCUT2D eigenvalue weighted by Gasteiger charge is -2.23. The van der Waals surface area contributed by atoms with Gasteiger partial charge in [-0.1, -0.05) is 44.2 Å². The summed E-state index contributed by atoms with van der Waals surface area (Å²) in [5, 5.41) is 3.60. The third-order valence-corrected chi connectivity index (χ3v) is 2.81. The van der Waals surface area contributed by atoms with E-state index in [1.807, 2.05) is 0 Å². The summed E-state index contributed by atoms with van der Waals surface area (Å²) >= 11 is 0. The molecule has 78 valence electrons. The van der Waals surface area contributed by atoms with Crippen LogP contribution in [0.5, 0.6) is 0 Å². The largest absolute Gasteiger partial charge is 0.307 e. The summed E-state index contributed by atoms with van der Waals surface area (Å²) in [6, 6.07) is 11.6. The van der Waals surface area contributed by atoms with Crippen LogP contribution >= 0.6 is 0 Å². The average molecular weight is 191 g/mol. The third kappa shape index (κ3) is 3.15. The number of hydrogen-bond acceptors (Lipinski definition) is 1. The Balaban J connectivity index is 2.55. The zero-order valence-corrected chi connectivity index (χ0v) is 9.62. The smallest absolute Gasteiger partial charge is 0.0294 e. The number of benzene rings is 1.